The number of aliphatic hydroxyl groups excluding tert-OH is 2. The first kappa shape index (κ1) is 43.9. The molecule has 3 saturated heterocycles. The Hall–Kier alpha value is -0.630. The first-order valence-corrected chi connectivity index (χ1v) is 21.7. The molecule has 21 nitrogen and oxygen atoms in total. The van der Waals surface area contributed by atoms with E-state index in [1.165, 1.54) is 17.2 Å². The normalized spacial score (nSPS) is 33.9. The van der Waals surface area contributed by atoms with Crippen LogP contribution in [-0.2, 0) is 67.6 Å². The summed E-state index contributed by atoms with van der Waals surface area (Å²) >= 11 is 10.5. The van der Waals surface area contributed by atoms with Crippen molar-refractivity contribution in [2.45, 2.75) is 81.3 Å². The first-order chi connectivity index (χ1) is 25.1. The van der Waals surface area contributed by atoms with E-state index in [0.717, 1.165) is 30.3 Å². The van der Waals surface area contributed by atoms with E-state index in [9.17, 15) is 19.3 Å². The SMILES string of the molecule is CC(C)(N)CNc1nc(N)c2ncn([C@@H]3O[C@@H]4COP(=O)([S-])O[C@H]5[C@@H](O)[C@H](n6cc7c8c(ncnc86)NCCC7)O[C@@H]5COP(=O)([S-])O[C@@H]3[C@@H]4O)c2n1.[Na+].[Na+]. The molecular weight excluding hydrogens is 822 g/mol. The number of hydrogen-bond acceptors (Lipinski definition) is 21. The smallest absolute Gasteiger partial charge is 0.660 e. The van der Waals surface area contributed by atoms with Gasteiger partial charge in [0.2, 0.25) is 12.7 Å². The van der Waals surface area contributed by atoms with Crippen molar-refractivity contribution in [3.63, 3.8) is 0 Å². The van der Waals surface area contributed by atoms with E-state index in [4.69, 9.17) is 63.5 Å². The Kier molecular flexibility index (Phi) is 13.4. The van der Waals surface area contributed by atoms with Gasteiger partial charge in [0, 0.05) is 24.8 Å². The molecule has 0 aromatic carbocycles. The summed E-state index contributed by atoms with van der Waals surface area (Å²) in [7, 11) is 0. The van der Waals surface area contributed by atoms with Crippen molar-refractivity contribution in [1.29, 1.82) is 0 Å². The molecule has 8 N–H and O–H groups in total. The molecule has 8 rings (SSSR count). The van der Waals surface area contributed by atoms with Gasteiger partial charge in [-0.3, -0.25) is 13.7 Å². The third-order valence-electron chi connectivity index (χ3n) is 9.22. The van der Waals surface area contributed by atoms with Crippen LogP contribution < -0.4 is 81.2 Å². The van der Waals surface area contributed by atoms with Gasteiger partial charge in [-0.2, -0.15) is 9.97 Å². The van der Waals surface area contributed by atoms with Gasteiger partial charge in [0.15, 0.2) is 30.7 Å². The number of nitrogens with zero attached hydrogens (tertiary/aromatic N) is 7. The Morgan fingerprint density at radius 1 is 0.964 bits per heavy atom. The molecule has 2 bridgehead atoms. The molecule has 10 atom stereocenters. The zero-order valence-electron chi connectivity index (χ0n) is 30.3. The van der Waals surface area contributed by atoms with Crippen LogP contribution in [0.4, 0.5) is 17.6 Å². The number of rotatable bonds is 5. The third kappa shape index (κ3) is 8.96. The molecule has 4 aliphatic rings. The number of nitrogens with one attached hydrogen (secondary N) is 2. The number of nitrogen functional groups attached to an aromatic ring is 1. The van der Waals surface area contributed by atoms with Gasteiger partial charge >= 0.3 is 59.1 Å². The summed E-state index contributed by atoms with van der Waals surface area (Å²) in [6, 6.07) is 0. The Bertz CT molecular complexity index is 2150. The topological polar surface area (TPSA) is 280 Å². The summed E-state index contributed by atoms with van der Waals surface area (Å²) in [4.78, 5) is 21.9. The second kappa shape index (κ2) is 16.8. The number of fused-ring (bicyclic) bond motifs is 4. The molecular formula is C28H37N11Na2O10P2S2. The molecule has 4 aromatic rings. The van der Waals surface area contributed by atoms with Crippen molar-refractivity contribution in [2.75, 3.05) is 42.7 Å². The van der Waals surface area contributed by atoms with Crippen LogP contribution in [0.1, 0.15) is 38.3 Å². The van der Waals surface area contributed by atoms with Crippen LogP contribution in [-0.4, -0.2) is 113 Å². The van der Waals surface area contributed by atoms with E-state index in [-0.39, 0.29) is 82.0 Å². The van der Waals surface area contributed by atoms with Crippen molar-refractivity contribution in [2.24, 2.45) is 5.73 Å². The summed E-state index contributed by atoms with van der Waals surface area (Å²) in [5, 5.41) is 30.1. The Morgan fingerprint density at radius 2 is 1.65 bits per heavy atom. The van der Waals surface area contributed by atoms with Gasteiger partial charge < -0.3 is 88.9 Å². The molecule has 55 heavy (non-hydrogen) atoms. The fourth-order valence-electron chi connectivity index (χ4n) is 6.77. The van der Waals surface area contributed by atoms with Gasteiger partial charge in [0.05, 0.1) is 24.9 Å². The molecule has 4 aliphatic heterocycles. The van der Waals surface area contributed by atoms with Crippen LogP contribution in [0.25, 0.3) is 22.2 Å². The number of aliphatic hydroxyl groups is 2. The van der Waals surface area contributed by atoms with Crippen molar-refractivity contribution < 1.29 is 106 Å². The Labute approximate surface area is 369 Å². The fraction of sp³-hybridized carbons (Fsp3) is 0.607. The molecule has 2 unspecified atom stereocenters. The van der Waals surface area contributed by atoms with Gasteiger partial charge in [-0.1, -0.05) is 0 Å². The number of aryl methyl sites for hydroxylation is 1. The van der Waals surface area contributed by atoms with Crippen molar-refractivity contribution in [3.05, 3.63) is 24.4 Å². The molecule has 0 amide bonds. The molecule has 4 aromatic heterocycles. The standard InChI is InChI=1S/C28H39N11O10P2S2.2Na/c1-28(2,30)9-32-27-36-21(29)16-24(37-27)39(11-35-16)26-20-17(40)13(46-26)7-44-50(42,52)48-19-14(8-45-51(43,53)49-20)47-25(18(19)41)38-6-12-4-3-5-31-22-15(12)23(38)34-10-33-22;;/h6,10-11,13-14,17-20,25-26,40-41H,3-5,7-9,30H2,1-2H3,(H,42,52)(H,43,53)(H,31,33,34)(H3,29,32,36,37);;/q;2*+1/p-2/t13-,14-,17-,18-,19-,20-,25-,26-,50?,51?;;/m1../s1. The number of anilines is 3. The van der Waals surface area contributed by atoms with E-state index < -0.39 is 81.4 Å². The number of imidazole rings is 1. The number of nitrogens with two attached hydrogens (primary N) is 2. The molecule has 3 fully saturated rings. The second-order valence-corrected chi connectivity index (χ2v) is 19.3. The fourth-order valence-corrected chi connectivity index (χ4v) is 9.60. The second-order valence-electron chi connectivity index (χ2n) is 13.8. The molecule has 0 spiro atoms. The third-order valence-corrected chi connectivity index (χ3v) is 12.3. The van der Waals surface area contributed by atoms with Gasteiger partial charge in [-0.25, -0.2) is 15.0 Å². The van der Waals surface area contributed by atoms with E-state index in [1.807, 2.05) is 13.8 Å². The Morgan fingerprint density at radius 3 is 2.38 bits per heavy atom. The predicted molar refractivity (Wildman–Crippen MR) is 192 cm³/mol. The van der Waals surface area contributed by atoms with Crippen LogP contribution >= 0.6 is 13.6 Å². The van der Waals surface area contributed by atoms with Crippen LogP contribution in [0.15, 0.2) is 18.9 Å². The van der Waals surface area contributed by atoms with Crippen molar-refractivity contribution >= 4 is 77.9 Å². The van der Waals surface area contributed by atoms with E-state index in [2.05, 4.69) is 35.6 Å². The monoisotopic (exact) mass is 859 g/mol. The summed E-state index contributed by atoms with van der Waals surface area (Å²) < 4.78 is 65.6. The van der Waals surface area contributed by atoms with Crippen LogP contribution in [0.5, 0.6) is 0 Å². The number of ether oxygens (including phenoxy) is 2. The maximum absolute atomic E-state index is 13.8. The molecule has 0 radical (unpaired) electrons. The summed E-state index contributed by atoms with van der Waals surface area (Å²) in [6.07, 6.45) is -4.76. The largest absolute Gasteiger partial charge is 1.00 e. The number of hydrogen-bond donors (Lipinski definition) is 6. The average molecular weight is 860 g/mol. The minimum Gasteiger partial charge on any atom is -0.660 e. The van der Waals surface area contributed by atoms with Crippen LogP contribution in [0, 0.1) is 0 Å². The van der Waals surface area contributed by atoms with Crippen LogP contribution in [0.2, 0.25) is 0 Å². The minimum absolute atomic E-state index is 0. The number of aromatic nitrogens is 7. The maximum Gasteiger partial charge on any atom is 1.00 e. The summed E-state index contributed by atoms with van der Waals surface area (Å²) in [5.74, 6) is 0.820. The van der Waals surface area contributed by atoms with Crippen molar-refractivity contribution in [3.8, 4) is 0 Å². The zero-order chi connectivity index (χ0) is 37.4. The summed E-state index contributed by atoms with van der Waals surface area (Å²) in [6.45, 7) is -5.39. The first-order valence-electron chi connectivity index (χ1n) is 16.6. The summed E-state index contributed by atoms with van der Waals surface area (Å²) in [5.41, 5.74) is 13.5. The minimum atomic E-state index is -4.48. The molecule has 0 saturated carbocycles. The Balaban J connectivity index is 0.00000257. The maximum atomic E-state index is 13.8. The van der Waals surface area contributed by atoms with E-state index in [1.54, 1.807) is 10.8 Å². The molecule has 0 aliphatic carbocycles. The van der Waals surface area contributed by atoms with Gasteiger partial charge in [-0.15, -0.1) is 0 Å². The quantitative estimate of drug-likeness (QED) is 0.0623. The molecule has 27 heteroatoms. The van der Waals surface area contributed by atoms with Crippen molar-refractivity contribution in [1.82, 2.24) is 34.1 Å². The van der Waals surface area contributed by atoms with Gasteiger partial charge in [0.1, 0.15) is 59.9 Å². The van der Waals surface area contributed by atoms with Crippen LogP contribution in [0.3, 0.4) is 0 Å². The zero-order valence-corrected chi connectivity index (χ0v) is 37.7. The van der Waals surface area contributed by atoms with Gasteiger partial charge in [0.25, 0.3) is 0 Å². The van der Waals surface area contributed by atoms with E-state index >= 15 is 0 Å². The predicted octanol–water partition coefficient (Wildman–Crippen LogP) is -4.99. The molecule has 8 heterocycles. The van der Waals surface area contributed by atoms with E-state index in [0.29, 0.717) is 18.0 Å². The average Bonchev–Trinajstić information content (AvgIpc) is 3.79. The van der Waals surface area contributed by atoms with Gasteiger partial charge in [-0.05, 0) is 32.3 Å². The molecule has 288 valence electrons.